The Kier molecular flexibility index (Phi) is 7.14. The van der Waals surface area contributed by atoms with E-state index in [0.29, 0.717) is 18.1 Å². The number of quaternary nitrogens is 1. The van der Waals surface area contributed by atoms with Crippen LogP contribution in [0.15, 0.2) is 101 Å². The Balaban J connectivity index is 1.53. The SMILES string of the molecule is N#C/C(=C/N1CC[NH+](C(c2ccccc2)c2ccccc2)CC1)S(=O)(=O)c1ccc(Cl)cc1. The molecule has 1 N–H and O–H groups in total. The molecule has 0 unspecified atom stereocenters. The molecule has 1 aliphatic heterocycles. The van der Waals surface area contributed by atoms with Crippen LogP contribution in [0.4, 0.5) is 0 Å². The second-order valence-corrected chi connectivity index (χ2v) is 10.4. The Morgan fingerprint density at radius 3 is 1.91 bits per heavy atom. The monoisotopic (exact) mass is 478 g/mol. The Morgan fingerprint density at radius 1 is 0.909 bits per heavy atom. The molecule has 0 radical (unpaired) electrons. The number of rotatable bonds is 6. The summed E-state index contributed by atoms with van der Waals surface area (Å²) in [4.78, 5) is 3.16. The standard InChI is InChI=1S/C26H24ClN3O2S/c27-23-11-13-24(14-12-23)33(31,32)25(19-28)20-29-15-17-30(18-16-29)26(21-7-3-1-4-8-21)22-9-5-2-6-10-22/h1-14,20,26H,15-18H2/p+1/b25-20-. The number of nitrogens with one attached hydrogen (secondary N) is 1. The lowest BCUT2D eigenvalue weighted by atomic mass is 9.96. The average molecular weight is 479 g/mol. The summed E-state index contributed by atoms with van der Waals surface area (Å²) in [6.45, 7) is 2.97. The third-order valence-corrected chi connectivity index (χ3v) is 7.86. The maximum absolute atomic E-state index is 12.9. The largest absolute Gasteiger partial charge is 0.364 e. The van der Waals surface area contributed by atoms with Crippen LogP contribution in [0.5, 0.6) is 0 Å². The molecule has 3 aromatic rings. The van der Waals surface area contributed by atoms with Crippen LogP contribution < -0.4 is 4.90 Å². The molecular formula is C26H25ClN3O2S+. The lowest BCUT2D eigenvalue weighted by molar-refractivity contribution is -0.929. The Labute approximate surface area is 200 Å². The van der Waals surface area contributed by atoms with Crippen molar-refractivity contribution in [1.29, 1.82) is 5.26 Å². The second kappa shape index (κ2) is 10.2. The van der Waals surface area contributed by atoms with Gasteiger partial charge >= 0.3 is 0 Å². The summed E-state index contributed by atoms with van der Waals surface area (Å²) < 4.78 is 25.9. The zero-order valence-corrected chi connectivity index (χ0v) is 19.6. The molecule has 1 fully saturated rings. The van der Waals surface area contributed by atoms with Crippen molar-refractivity contribution in [2.24, 2.45) is 0 Å². The quantitative estimate of drug-likeness (QED) is 0.551. The number of piperazine rings is 1. The summed E-state index contributed by atoms with van der Waals surface area (Å²) in [7, 11) is -3.89. The molecule has 33 heavy (non-hydrogen) atoms. The predicted octanol–water partition coefficient (Wildman–Crippen LogP) is 3.47. The van der Waals surface area contributed by atoms with Crippen molar-refractivity contribution in [2.75, 3.05) is 26.2 Å². The number of halogens is 1. The van der Waals surface area contributed by atoms with Crippen molar-refractivity contribution in [3.63, 3.8) is 0 Å². The molecular weight excluding hydrogens is 454 g/mol. The molecule has 0 aromatic heterocycles. The van der Waals surface area contributed by atoms with Crippen molar-refractivity contribution in [1.82, 2.24) is 4.90 Å². The maximum atomic E-state index is 12.9. The molecule has 0 atom stereocenters. The van der Waals surface area contributed by atoms with E-state index in [0.717, 1.165) is 13.1 Å². The van der Waals surface area contributed by atoms with E-state index in [1.165, 1.54) is 46.5 Å². The Hall–Kier alpha value is -3.11. The number of nitrogens with zero attached hydrogens (tertiary/aromatic N) is 2. The summed E-state index contributed by atoms with van der Waals surface area (Å²) >= 11 is 5.87. The number of hydrogen-bond donors (Lipinski definition) is 1. The van der Waals surface area contributed by atoms with Gasteiger partial charge in [0.05, 0.1) is 31.1 Å². The normalized spacial score (nSPS) is 15.4. The highest BCUT2D eigenvalue weighted by Gasteiger charge is 2.30. The minimum absolute atomic E-state index is 0.0668. The van der Waals surface area contributed by atoms with Crippen molar-refractivity contribution in [2.45, 2.75) is 10.9 Å². The average Bonchev–Trinajstić information content (AvgIpc) is 2.85. The number of hydrogen-bond acceptors (Lipinski definition) is 4. The molecule has 168 valence electrons. The van der Waals surface area contributed by atoms with Gasteiger partial charge < -0.3 is 9.80 Å². The van der Waals surface area contributed by atoms with Crippen molar-refractivity contribution < 1.29 is 13.3 Å². The van der Waals surface area contributed by atoms with Crippen LogP contribution in [-0.2, 0) is 9.84 Å². The molecule has 0 bridgehead atoms. The van der Waals surface area contributed by atoms with Crippen LogP contribution in [0, 0.1) is 11.3 Å². The van der Waals surface area contributed by atoms with Gasteiger partial charge in [-0.2, -0.15) is 5.26 Å². The number of nitriles is 1. The number of sulfone groups is 1. The lowest BCUT2D eigenvalue weighted by Gasteiger charge is -2.36. The van der Waals surface area contributed by atoms with E-state index in [4.69, 9.17) is 11.6 Å². The van der Waals surface area contributed by atoms with Crippen LogP contribution in [0.25, 0.3) is 0 Å². The summed E-state index contributed by atoms with van der Waals surface area (Å²) in [5.74, 6) is 0. The molecule has 0 spiro atoms. The van der Waals surface area contributed by atoms with Gasteiger partial charge in [0.15, 0.2) is 4.91 Å². The molecule has 3 aromatic carbocycles. The lowest BCUT2D eigenvalue weighted by Crippen LogP contribution is -3.15. The molecule has 1 aliphatic rings. The second-order valence-electron chi connectivity index (χ2n) is 8.01. The van der Waals surface area contributed by atoms with E-state index >= 15 is 0 Å². The third kappa shape index (κ3) is 5.28. The van der Waals surface area contributed by atoms with Gasteiger partial charge in [0.2, 0.25) is 9.84 Å². The minimum Gasteiger partial charge on any atom is -0.364 e. The van der Waals surface area contributed by atoms with Gasteiger partial charge in [-0.25, -0.2) is 8.42 Å². The van der Waals surface area contributed by atoms with Gasteiger partial charge in [-0.1, -0.05) is 72.3 Å². The van der Waals surface area contributed by atoms with Gasteiger partial charge in [-0.05, 0) is 24.3 Å². The van der Waals surface area contributed by atoms with E-state index in [9.17, 15) is 13.7 Å². The first-order valence-electron chi connectivity index (χ1n) is 10.8. The highest BCUT2D eigenvalue weighted by molar-refractivity contribution is 7.95. The smallest absolute Gasteiger partial charge is 0.218 e. The molecule has 5 nitrogen and oxygen atoms in total. The van der Waals surface area contributed by atoms with Crippen molar-refractivity contribution in [3.05, 3.63) is 112 Å². The van der Waals surface area contributed by atoms with Crippen LogP contribution in [0.2, 0.25) is 5.02 Å². The Morgan fingerprint density at radius 2 is 1.42 bits per heavy atom. The van der Waals surface area contributed by atoms with Crippen molar-refractivity contribution in [3.8, 4) is 6.07 Å². The minimum atomic E-state index is -3.89. The fourth-order valence-corrected chi connectivity index (χ4v) is 5.53. The first kappa shape index (κ1) is 23.1. The molecule has 4 rings (SSSR count). The topological polar surface area (TPSA) is 65.6 Å². The molecule has 7 heteroatoms. The van der Waals surface area contributed by atoms with E-state index in [2.05, 4.69) is 48.5 Å². The van der Waals surface area contributed by atoms with Gasteiger partial charge in [0.25, 0.3) is 0 Å². The van der Waals surface area contributed by atoms with Gasteiger partial charge in [-0.15, -0.1) is 0 Å². The Bertz CT molecular complexity index is 1210. The van der Waals surface area contributed by atoms with E-state index in [-0.39, 0.29) is 15.8 Å². The number of allylic oxidation sites excluding steroid dienone is 1. The summed E-state index contributed by atoms with van der Waals surface area (Å²) in [5, 5.41) is 10.0. The molecule has 0 saturated carbocycles. The summed E-state index contributed by atoms with van der Waals surface area (Å²) in [6.07, 6.45) is 1.49. The van der Waals surface area contributed by atoms with Gasteiger partial charge in [-0.3, -0.25) is 0 Å². The number of benzene rings is 3. The van der Waals surface area contributed by atoms with Crippen LogP contribution in [0.1, 0.15) is 17.2 Å². The highest BCUT2D eigenvalue weighted by Crippen LogP contribution is 2.22. The van der Waals surface area contributed by atoms with E-state index < -0.39 is 9.84 Å². The van der Waals surface area contributed by atoms with Gasteiger partial charge in [0, 0.05) is 22.3 Å². The van der Waals surface area contributed by atoms with E-state index in [1.54, 1.807) is 0 Å². The fraction of sp³-hybridized carbons (Fsp3) is 0.192. The zero-order chi connectivity index (χ0) is 23.3. The molecule has 0 amide bonds. The first-order valence-corrected chi connectivity index (χ1v) is 12.7. The van der Waals surface area contributed by atoms with Crippen LogP contribution >= 0.6 is 11.6 Å². The first-order chi connectivity index (χ1) is 16.0. The maximum Gasteiger partial charge on any atom is 0.218 e. The zero-order valence-electron chi connectivity index (χ0n) is 18.1. The summed E-state index contributed by atoms with van der Waals surface area (Å²) in [6, 6.07) is 28.9. The van der Waals surface area contributed by atoms with Gasteiger partial charge in [0.1, 0.15) is 12.1 Å². The van der Waals surface area contributed by atoms with Crippen molar-refractivity contribution >= 4 is 21.4 Å². The van der Waals surface area contributed by atoms with Crippen LogP contribution in [-0.4, -0.2) is 39.5 Å². The van der Waals surface area contributed by atoms with E-state index in [1.807, 2.05) is 23.1 Å². The summed E-state index contributed by atoms with van der Waals surface area (Å²) in [5.41, 5.74) is 2.51. The molecule has 0 aliphatic carbocycles. The third-order valence-electron chi connectivity index (χ3n) is 5.94. The molecule has 1 heterocycles. The predicted molar refractivity (Wildman–Crippen MR) is 129 cm³/mol. The van der Waals surface area contributed by atoms with Crippen LogP contribution in [0.3, 0.4) is 0 Å². The highest BCUT2D eigenvalue weighted by atomic mass is 35.5. The molecule has 1 saturated heterocycles. The fourth-order valence-electron chi connectivity index (χ4n) is 4.25.